The minimum absolute atomic E-state index is 0.0238. The van der Waals surface area contributed by atoms with Crippen LogP contribution in [-0.4, -0.2) is 28.9 Å². The van der Waals surface area contributed by atoms with E-state index in [1.807, 2.05) is 5.92 Å². The summed E-state index contributed by atoms with van der Waals surface area (Å²) in [6.07, 6.45) is 2.21. The van der Waals surface area contributed by atoms with Gasteiger partial charge >= 0.3 is 18.2 Å². The Morgan fingerprint density at radius 1 is 1.38 bits per heavy atom. The van der Waals surface area contributed by atoms with Crippen molar-refractivity contribution in [3.63, 3.8) is 0 Å². The molecule has 1 atom stereocenters. The molecule has 1 saturated carbocycles. The molecular weight excluding hydrogens is 375 g/mol. The van der Waals surface area contributed by atoms with Crippen LogP contribution in [0.1, 0.15) is 26.2 Å². The standard InChI is InChI=1S/C17H15ClF3NO4/c1-3-14(23)22(16(2,15(24)25)10-5-4-6-10)11-7-8-13(12(18)9-11)26-17(19,20)21/h1,7-10H,4-6H2,2H3,(H,24,25). The van der Waals surface area contributed by atoms with E-state index in [2.05, 4.69) is 4.74 Å². The van der Waals surface area contributed by atoms with Crippen LogP contribution in [-0.2, 0) is 9.59 Å². The molecule has 9 heteroatoms. The molecule has 1 fully saturated rings. The fourth-order valence-electron chi connectivity index (χ4n) is 2.92. The van der Waals surface area contributed by atoms with Crippen LogP contribution >= 0.6 is 11.6 Å². The number of ether oxygens (including phenoxy) is 1. The van der Waals surface area contributed by atoms with Gasteiger partial charge in [-0.05, 0) is 49.8 Å². The average Bonchev–Trinajstić information content (AvgIpc) is 2.46. The lowest BCUT2D eigenvalue weighted by Crippen LogP contribution is -2.61. The van der Waals surface area contributed by atoms with Crippen LogP contribution < -0.4 is 9.64 Å². The van der Waals surface area contributed by atoms with Crippen molar-refractivity contribution in [2.75, 3.05) is 4.90 Å². The van der Waals surface area contributed by atoms with E-state index < -0.39 is 34.5 Å². The van der Waals surface area contributed by atoms with E-state index in [4.69, 9.17) is 18.0 Å². The number of rotatable bonds is 5. The van der Waals surface area contributed by atoms with Crippen molar-refractivity contribution in [3.05, 3.63) is 23.2 Å². The smallest absolute Gasteiger partial charge is 0.479 e. The maximum atomic E-state index is 12.4. The van der Waals surface area contributed by atoms with Gasteiger partial charge in [0.15, 0.2) is 0 Å². The molecule has 1 aromatic rings. The van der Waals surface area contributed by atoms with Gasteiger partial charge in [0, 0.05) is 5.69 Å². The average molecular weight is 390 g/mol. The zero-order chi connectivity index (χ0) is 19.7. The summed E-state index contributed by atoms with van der Waals surface area (Å²) < 4.78 is 40.9. The Balaban J connectivity index is 2.51. The highest BCUT2D eigenvalue weighted by Crippen LogP contribution is 2.43. The van der Waals surface area contributed by atoms with Crippen molar-refractivity contribution >= 4 is 29.2 Å². The molecule has 0 saturated heterocycles. The topological polar surface area (TPSA) is 66.8 Å². The molecule has 0 aromatic heterocycles. The minimum Gasteiger partial charge on any atom is -0.479 e. The quantitative estimate of drug-likeness (QED) is 0.777. The molecule has 0 aliphatic heterocycles. The second-order valence-corrected chi connectivity index (χ2v) is 6.44. The summed E-state index contributed by atoms with van der Waals surface area (Å²) in [5, 5.41) is 9.32. The first-order valence-electron chi connectivity index (χ1n) is 7.60. The lowest BCUT2D eigenvalue weighted by atomic mass is 9.70. The zero-order valence-corrected chi connectivity index (χ0v) is 14.4. The van der Waals surface area contributed by atoms with Crippen LogP contribution in [0.25, 0.3) is 0 Å². The molecular formula is C17H15ClF3NO4. The van der Waals surface area contributed by atoms with Gasteiger partial charge in [-0.1, -0.05) is 18.0 Å². The summed E-state index contributed by atoms with van der Waals surface area (Å²) in [4.78, 5) is 25.2. The number of amides is 1. The van der Waals surface area contributed by atoms with E-state index in [1.165, 1.54) is 6.92 Å². The molecule has 5 nitrogen and oxygen atoms in total. The van der Waals surface area contributed by atoms with Crippen molar-refractivity contribution in [1.82, 2.24) is 0 Å². The van der Waals surface area contributed by atoms with Crippen molar-refractivity contribution in [1.29, 1.82) is 0 Å². The molecule has 1 aromatic carbocycles. The lowest BCUT2D eigenvalue weighted by molar-refractivity contribution is -0.274. The predicted molar refractivity (Wildman–Crippen MR) is 87.8 cm³/mol. The van der Waals surface area contributed by atoms with Crippen molar-refractivity contribution in [2.24, 2.45) is 5.92 Å². The summed E-state index contributed by atoms with van der Waals surface area (Å²) >= 11 is 5.82. The molecule has 1 amide bonds. The van der Waals surface area contributed by atoms with Crippen LogP contribution in [0.15, 0.2) is 18.2 Å². The Labute approximate surface area is 152 Å². The third-order valence-electron chi connectivity index (χ3n) is 4.52. The normalized spacial score (nSPS) is 16.8. The fourth-order valence-corrected chi connectivity index (χ4v) is 3.13. The molecule has 140 valence electrons. The summed E-state index contributed by atoms with van der Waals surface area (Å²) in [5.74, 6) is -1.34. The first-order chi connectivity index (χ1) is 12.0. The number of carboxylic acid groups (broad SMARTS) is 1. The zero-order valence-electron chi connectivity index (χ0n) is 13.6. The van der Waals surface area contributed by atoms with Gasteiger partial charge in [0.05, 0.1) is 5.02 Å². The number of anilines is 1. The second kappa shape index (κ2) is 7.08. The van der Waals surface area contributed by atoms with E-state index in [0.29, 0.717) is 12.8 Å². The number of carbonyl (C=O) groups is 2. The Hall–Kier alpha value is -2.40. The van der Waals surface area contributed by atoms with E-state index in [9.17, 15) is 27.9 Å². The number of carboxylic acids is 1. The number of hydrogen-bond donors (Lipinski definition) is 1. The summed E-state index contributed by atoms with van der Waals surface area (Å²) in [5.41, 5.74) is -1.68. The van der Waals surface area contributed by atoms with Crippen molar-refractivity contribution in [2.45, 2.75) is 38.1 Å². The highest BCUT2D eigenvalue weighted by Gasteiger charge is 2.51. The molecule has 0 bridgehead atoms. The number of aliphatic carboxylic acids is 1. The van der Waals surface area contributed by atoms with Crippen LogP contribution in [0.2, 0.25) is 5.02 Å². The molecule has 2 rings (SSSR count). The number of halogens is 4. The van der Waals surface area contributed by atoms with Gasteiger partial charge in [0.25, 0.3) is 0 Å². The summed E-state index contributed by atoms with van der Waals surface area (Å²) in [6.45, 7) is 1.36. The van der Waals surface area contributed by atoms with Crippen LogP contribution in [0.3, 0.4) is 0 Å². The Kier molecular flexibility index (Phi) is 5.42. The lowest BCUT2D eigenvalue weighted by Gasteiger charge is -2.46. The van der Waals surface area contributed by atoms with Crippen LogP contribution in [0.5, 0.6) is 5.75 Å². The number of alkyl halides is 3. The predicted octanol–water partition coefficient (Wildman–Crippen LogP) is 3.85. The van der Waals surface area contributed by atoms with E-state index >= 15 is 0 Å². The van der Waals surface area contributed by atoms with Gasteiger partial charge < -0.3 is 9.84 Å². The number of carbonyl (C=O) groups excluding carboxylic acids is 1. The summed E-state index contributed by atoms with van der Waals surface area (Å²) in [6, 6.07) is 3.05. The van der Waals surface area contributed by atoms with E-state index in [1.54, 1.807) is 0 Å². The molecule has 1 aliphatic carbocycles. The minimum atomic E-state index is -4.94. The Morgan fingerprint density at radius 2 is 2.00 bits per heavy atom. The second-order valence-electron chi connectivity index (χ2n) is 6.03. The molecule has 1 N–H and O–H groups in total. The largest absolute Gasteiger partial charge is 0.573 e. The fraction of sp³-hybridized carbons (Fsp3) is 0.412. The Morgan fingerprint density at radius 3 is 2.38 bits per heavy atom. The third kappa shape index (κ3) is 3.73. The molecule has 1 aliphatic rings. The SMILES string of the molecule is C#CC(=O)N(c1ccc(OC(F)(F)F)c(Cl)c1)C(C)(C(=O)O)C1CCC1. The van der Waals surface area contributed by atoms with Gasteiger partial charge in [-0.15, -0.1) is 19.6 Å². The first kappa shape index (κ1) is 19.9. The highest BCUT2D eigenvalue weighted by atomic mass is 35.5. The Bertz CT molecular complexity index is 770. The molecule has 0 radical (unpaired) electrons. The van der Waals surface area contributed by atoms with Crippen molar-refractivity contribution in [3.8, 4) is 18.1 Å². The number of terminal acetylenes is 1. The molecule has 0 heterocycles. The van der Waals surface area contributed by atoms with Gasteiger partial charge in [-0.2, -0.15) is 0 Å². The summed E-state index contributed by atoms with van der Waals surface area (Å²) in [7, 11) is 0. The highest BCUT2D eigenvalue weighted by molar-refractivity contribution is 6.32. The number of hydrogen-bond acceptors (Lipinski definition) is 3. The first-order valence-corrected chi connectivity index (χ1v) is 7.98. The monoisotopic (exact) mass is 389 g/mol. The number of benzene rings is 1. The van der Waals surface area contributed by atoms with Crippen LogP contribution in [0, 0.1) is 18.3 Å². The maximum Gasteiger partial charge on any atom is 0.573 e. The van der Waals surface area contributed by atoms with Gasteiger partial charge in [0.2, 0.25) is 0 Å². The third-order valence-corrected chi connectivity index (χ3v) is 4.82. The van der Waals surface area contributed by atoms with E-state index in [-0.39, 0.29) is 11.6 Å². The molecule has 0 spiro atoms. The van der Waals surface area contributed by atoms with Gasteiger partial charge in [-0.25, -0.2) is 4.79 Å². The maximum absolute atomic E-state index is 12.4. The van der Waals surface area contributed by atoms with Gasteiger partial charge in [0.1, 0.15) is 11.3 Å². The van der Waals surface area contributed by atoms with Gasteiger partial charge in [-0.3, -0.25) is 9.69 Å². The molecule has 26 heavy (non-hydrogen) atoms. The van der Waals surface area contributed by atoms with Crippen LogP contribution in [0.4, 0.5) is 18.9 Å². The number of nitrogens with zero attached hydrogens (tertiary/aromatic N) is 1. The van der Waals surface area contributed by atoms with Crippen molar-refractivity contribution < 1.29 is 32.6 Å². The molecule has 1 unspecified atom stereocenters. The van der Waals surface area contributed by atoms with E-state index in [0.717, 1.165) is 29.5 Å².